The van der Waals surface area contributed by atoms with Crippen molar-refractivity contribution in [2.75, 3.05) is 19.0 Å². The molecular weight excluding hydrogens is 425 g/mol. The highest BCUT2D eigenvalue weighted by atomic mass is 19.4. The van der Waals surface area contributed by atoms with Gasteiger partial charge < -0.3 is 19.8 Å². The molecule has 0 radical (unpaired) electrons. The first-order valence-corrected chi connectivity index (χ1v) is 9.82. The number of aromatic nitrogens is 5. The molecular formula is C21H19F3N6O2. The maximum atomic E-state index is 13.2. The van der Waals surface area contributed by atoms with Crippen LogP contribution in [0.2, 0.25) is 0 Å². The second-order valence-corrected chi connectivity index (χ2v) is 7.48. The number of rotatable bonds is 4. The van der Waals surface area contributed by atoms with Crippen molar-refractivity contribution in [1.29, 1.82) is 0 Å². The third-order valence-corrected chi connectivity index (χ3v) is 5.58. The van der Waals surface area contributed by atoms with E-state index < -0.39 is 11.9 Å². The molecule has 0 saturated carbocycles. The van der Waals surface area contributed by atoms with E-state index in [4.69, 9.17) is 9.47 Å². The SMILES string of the molecule is COc1cc([C@H]2COc3ccccc3[C@@H]2Nc2ncnc3[nH]c(C(F)(F)F)cc23)n(C)n1. The van der Waals surface area contributed by atoms with Crippen molar-refractivity contribution in [3.05, 3.63) is 59.7 Å². The van der Waals surface area contributed by atoms with Crippen molar-refractivity contribution in [2.45, 2.75) is 18.1 Å². The Hall–Kier alpha value is -3.76. The summed E-state index contributed by atoms with van der Waals surface area (Å²) in [6.07, 6.45) is -3.29. The van der Waals surface area contributed by atoms with Crippen molar-refractivity contribution in [3.8, 4) is 11.6 Å². The van der Waals surface area contributed by atoms with Gasteiger partial charge in [-0.3, -0.25) is 4.68 Å². The molecule has 0 amide bonds. The van der Waals surface area contributed by atoms with E-state index in [2.05, 4.69) is 25.4 Å². The fourth-order valence-electron chi connectivity index (χ4n) is 4.05. The molecule has 1 aliphatic heterocycles. The summed E-state index contributed by atoms with van der Waals surface area (Å²) >= 11 is 0. The molecule has 2 N–H and O–H groups in total. The molecule has 0 aliphatic carbocycles. The number of nitrogens with zero attached hydrogens (tertiary/aromatic N) is 4. The number of methoxy groups -OCH3 is 1. The third-order valence-electron chi connectivity index (χ3n) is 5.58. The Bertz CT molecular complexity index is 1280. The van der Waals surface area contributed by atoms with Gasteiger partial charge in [-0.05, 0) is 12.1 Å². The van der Waals surface area contributed by atoms with E-state index in [1.165, 1.54) is 13.4 Å². The molecule has 0 fully saturated rings. The number of anilines is 1. The summed E-state index contributed by atoms with van der Waals surface area (Å²) in [4.78, 5) is 10.5. The van der Waals surface area contributed by atoms with Gasteiger partial charge in [-0.2, -0.15) is 13.2 Å². The number of fused-ring (bicyclic) bond motifs is 2. The number of nitrogens with one attached hydrogen (secondary N) is 2. The monoisotopic (exact) mass is 444 g/mol. The van der Waals surface area contributed by atoms with Gasteiger partial charge >= 0.3 is 6.18 Å². The van der Waals surface area contributed by atoms with Gasteiger partial charge in [-0.1, -0.05) is 18.2 Å². The van der Waals surface area contributed by atoms with Crippen LogP contribution in [-0.4, -0.2) is 38.4 Å². The molecule has 2 atom stereocenters. The number of hydrogen-bond acceptors (Lipinski definition) is 6. The van der Waals surface area contributed by atoms with Gasteiger partial charge in [-0.15, -0.1) is 5.10 Å². The van der Waals surface area contributed by atoms with Crippen molar-refractivity contribution in [1.82, 2.24) is 24.7 Å². The Morgan fingerprint density at radius 2 is 2.03 bits per heavy atom. The first kappa shape index (κ1) is 20.2. The molecule has 0 unspecified atom stereocenters. The Labute approximate surface area is 180 Å². The highest BCUT2D eigenvalue weighted by molar-refractivity contribution is 5.88. The molecule has 5 rings (SSSR count). The van der Waals surface area contributed by atoms with Crippen LogP contribution >= 0.6 is 0 Å². The van der Waals surface area contributed by atoms with Crippen molar-refractivity contribution in [2.24, 2.45) is 7.05 Å². The summed E-state index contributed by atoms with van der Waals surface area (Å²) < 4.78 is 52.7. The van der Waals surface area contributed by atoms with Gasteiger partial charge in [0.25, 0.3) is 0 Å². The molecule has 4 aromatic rings. The Morgan fingerprint density at radius 3 is 2.78 bits per heavy atom. The number of H-pyrrole nitrogens is 1. The number of aryl methyl sites for hydroxylation is 1. The Morgan fingerprint density at radius 1 is 1.22 bits per heavy atom. The number of para-hydroxylation sites is 1. The second-order valence-electron chi connectivity index (χ2n) is 7.48. The zero-order chi connectivity index (χ0) is 22.5. The van der Waals surface area contributed by atoms with Gasteiger partial charge in [0.05, 0.1) is 36.8 Å². The highest BCUT2D eigenvalue weighted by Crippen LogP contribution is 2.43. The van der Waals surface area contributed by atoms with Crippen LogP contribution in [0, 0.1) is 0 Å². The molecule has 166 valence electrons. The van der Waals surface area contributed by atoms with Gasteiger partial charge in [-0.25, -0.2) is 9.97 Å². The number of hydrogen-bond donors (Lipinski definition) is 2. The third kappa shape index (κ3) is 3.39. The molecule has 1 aliphatic rings. The molecule has 0 bridgehead atoms. The topological polar surface area (TPSA) is 89.9 Å². The van der Waals surface area contributed by atoms with Crippen molar-refractivity contribution < 1.29 is 22.6 Å². The molecule has 3 aromatic heterocycles. The second kappa shape index (κ2) is 7.43. The lowest BCUT2D eigenvalue weighted by Gasteiger charge is -2.34. The zero-order valence-electron chi connectivity index (χ0n) is 17.1. The van der Waals surface area contributed by atoms with E-state index in [0.29, 0.717) is 24.1 Å². The van der Waals surface area contributed by atoms with Crippen LogP contribution in [0.15, 0.2) is 42.7 Å². The van der Waals surface area contributed by atoms with Crippen LogP contribution in [0.25, 0.3) is 11.0 Å². The number of benzene rings is 1. The molecule has 0 saturated heterocycles. The van der Waals surface area contributed by atoms with Crippen LogP contribution in [0.3, 0.4) is 0 Å². The lowest BCUT2D eigenvalue weighted by molar-refractivity contribution is -0.140. The van der Waals surface area contributed by atoms with Crippen LogP contribution in [0.1, 0.15) is 28.9 Å². The normalized spacial score (nSPS) is 18.3. The average Bonchev–Trinajstić information content (AvgIpc) is 3.38. The minimum absolute atomic E-state index is 0.105. The minimum atomic E-state index is -4.52. The number of halogens is 3. The van der Waals surface area contributed by atoms with Gasteiger partial charge in [0.1, 0.15) is 29.2 Å². The van der Waals surface area contributed by atoms with Gasteiger partial charge in [0.2, 0.25) is 5.88 Å². The van der Waals surface area contributed by atoms with E-state index in [9.17, 15) is 13.2 Å². The average molecular weight is 444 g/mol. The fourth-order valence-corrected chi connectivity index (χ4v) is 4.05. The quantitative estimate of drug-likeness (QED) is 0.494. The number of aromatic amines is 1. The van der Waals surface area contributed by atoms with Crippen LogP contribution in [0.4, 0.5) is 19.0 Å². The van der Waals surface area contributed by atoms with Crippen LogP contribution < -0.4 is 14.8 Å². The molecule has 4 heterocycles. The summed E-state index contributed by atoms with van der Waals surface area (Å²) in [6.45, 7) is 0.340. The summed E-state index contributed by atoms with van der Waals surface area (Å²) in [5.74, 6) is 1.25. The zero-order valence-corrected chi connectivity index (χ0v) is 17.1. The standard InChI is InChI=1S/C21H19F3N6O2/c1-30-14(8-17(29-30)31-2)13-9-32-15-6-4-3-5-11(15)18(13)28-20-12-7-16(21(22,23)24)27-19(12)25-10-26-20/h3-8,10,13,18H,9H2,1-2H3,(H2,25,26,27,28)/t13-,18+/m1/s1. The Kier molecular flexibility index (Phi) is 4.68. The molecule has 1 aromatic carbocycles. The summed E-state index contributed by atoms with van der Waals surface area (Å²) in [5.41, 5.74) is 0.941. The van der Waals surface area contributed by atoms with Crippen molar-refractivity contribution in [3.63, 3.8) is 0 Å². The van der Waals surface area contributed by atoms with E-state index in [1.54, 1.807) is 11.7 Å². The van der Waals surface area contributed by atoms with Crippen molar-refractivity contribution >= 4 is 16.9 Å². The summed E-state index contributed by atoms with van der Waals surface area (Å²) in [5, 5.41) is 7.94. The first-order chi connectivity index (χ1) is 15.3. The van der Waals surface area contributed by atoms with Crippen LogP contribution in [-0.2, 0) is 13.2 Å². The van der Waals surface area contributed by atoms with E-state index in [-0.39, 0.29) is 23.0 Å². The fraction of sp³-hybridized carbons (Fsp3) is 0.286. The summed E-state index contributed by atoms with van der Waals surface area (Å²) in [6, 6.07) is 10.0. The lowest BCUT2D eigenvalue weighted by Crippen LogP contribution is -2.31. The van der Waals surface area contributed by atoms with Gasteiger partial charge in [0, 0.05) is 18.7 Å². The predicted octanol–water partition coefficient (Wildman–Crippen LogP) is 4.05. The molecule has 0 spiro atoms. The van der Waals surface area contributed by atoms with Crippen LogP contribution in [0.5, 0.6) is 11.6 Å². The molecule has 11 heteroatoms. The number of alkyl halides is 3. The highest BCUT2D eigenvalue weighted by Gasteiger charge is 2.36. The maximum Gasteiger partial charge on any atom is 0.431 e. The minimum Gasteiger partial charge on any atom is -0.492 e. The lowest BCUT2D eigenvalue weighted by atomic mass is 9.88. The molecule has 32 heavy (non-hydrogen) atoms. The number of ether oxygens (including phenoxy) is 2. The largest absolute Gasteiger partial charge is 0.492 e. The summed E-state index contributed by atoms with van der Waals surface area (Å²) in [7, 11) is 3.34. The van der Waals surface area contributed by atoms with E-state index >= 15 is 0 Å². The Balaban J connectivity index is 1.60. The molecule has 8 nitrogen and oxygen atoms in total. The predicted molar refractivity (Wildman–Crippen MR) is 110 cm³/mol. The smallest absolute Gasteiger partial charge is 0.431 e. The van der Waals surface area contributed by atoms with E-state index in [0.717, 1.165) is 17.3 Å². The van der Waals surface area contributed by atoms with E-state index in [1.807, 2.05) is 30.3 Å². The maximum absolute atomic E-state index is 13.2. The first-order valence-electron chi connectivity index (χ1n) is 9.82. The van der Waals surface area contributed by atoms with Gasteiger partial charge in [0.15, 0.2) is 0 Å².